The number of esters is 1. The minimum absolute atomic E-state index is 0.188. The van der Waals surface area contributed by atoms with E-state index < -0.39 is 0 Å². The molecule has 3 nitrogen and oxygen atoms in total. The van der Waals surface area contributed by atoms with Crippen LogP contribution in [0.25, 0.3) is 0 Å². The van der Waals surface area contributed by atoms with E-state index in [1.165, 1.54) is 25.7 Å². The van der Waals surface area contributed by atoms with E-state index in [1.54, 1.807) is 12.1 Å². The Hall–Kier alpha value is -1.51. The molecule has 142 valence electrons. The van der Waals surface area contributed by atoms with E-state index in [0.29, 0.717) is 12.2 Å². The quantitative estimate of drug-likeness (QED) is 0.324. The van der Waals surface area contributed by atoms with Gasteiger partial charge in [0.2, 0.25) is 0 Å². The minimum atomic E-state index is -0.201. The van der Waals surface area contributed by atoms with Crippen molar-refractivity contribution in [3.8, 4) is 11.5 Å². The van der Waals surface area contributed by atoms with Crippen molar-refractivity contribution in [3.63, 3.8) is 0 Å². The molecule has 3 heteroatoms. The maximum Gasteiger partial charge on any atom is 0.311 e. The first-order valence-corrected chi connectivity index (χ1v) is 9.66. The summed E-state index contributed by atoms with van der Waals surface area (Å²) in [5.74, 6) is 1.41. The summed E-state index contributed by atoms with van der Waals surface area (Å²) in [6, 6.07) is 3.51. The number of aryl methyl sites for hydroxylation is 1. The Morgan fingerprint density at radius 3 is 2.28 bits per heavy atom. The third-order valence-electron chi connectivity index (χ3n) is 4.48. The number of unbranched alkanes of at least 4 members (excludes halogenated alkanes) is 4. The van der Waals surface area contributed by atoms with E-state index in [2.05, 4.69) is 13.8 Å². The fourth-order valence-corrected chi connectivity index (χ4v) is 2.91. The van der Waals surface area contributed by atoms with Crippen LogP contribution in [0.15, 0.2) is 12.1 Å². The molecular weight excluding hydrogens is 312 g/mol. The lowest BCUT2D eigenvalue weighted by Gasteiger charge is -2.22. The van der Waals surface area contributed by atoms with E-state index in [-0.39, 0.29) is 17.1 Å². The minimum Gasteiger partial charge on any atom is -0.507 e. The summed E-state index contributed by atoms with van der Waals surface area (Å²) in [7, 11) is 0. The summed E-state index contributed by atoms with van der Waals surface area (Å²) in [6.07, 6.45) is 7.42. The zero-order valence-corrected chi connectivity index (χ0v) is 16.9. The zero-order chi connectivity index (χ0) is 19.0. The largest absolute Gasteiger partial charge is 0.507 e. The molecule has 0 unspecified atom stereocenters. The average Bonchev–Trinajstić information content (AvgIpc) is 2.48. The number of phenolic OH excluding ortho intramolecular Hbond substituents is 1. The van der Waals surface area contributed by atoms with Gasteiger partial charge in [-0.2, -0.15) is 0 Å². The Kier molecular flexibility index (Phi) is 8.47. The number of phenols is 1. The first kappa shape index (κ1) is 21.5. The van der Waals surface area contributed by atoms with Gasteiger partial charge >= 0.3 is 5.97 Å². The highest BCUT2D eigenvalue weighted by molar-refractivity contribution is 5.72. The van der Waals surface area contributed by atoms with E-state index in [4.69, 9.17) is 4.74 Å². The maximum atomic E-state index is 12.1. The van der Waals surface area contributed by atoms with Crippen LogP contribution in [0.4, 0.5) is 0 Å². The first-order valence-electron chi connectivity index (χ1n) is 9.66. The van der Waals surface area contributed by atoms with Crippen LogP contribution in [-0.4, -0.2) is 11.1 Å². The van der Waals surface area contributed by atoms with Crippen LogP contribution in [0.1, 0.15) is 90.7 Å². The van der Waals surface area contributed by atoms with Crippen LogP contribution in [0.5, 0.6) is 11.5 Å². The third kappa shape index (κ3) is 7.94. The second-order valence-corrected chi connectivity index (χ2v) is 8.56. The van der Waals surface area contributed by atoms with Gasteiger partial charge in [0, 0.05) is 12.0 Å². The van der Waals surface area contributed by atoms with E-state index in [1.807, 2.05) is 27.7 Å². The Labute approximate surface area is 153 Å². The molecule has 1 aromatic carbocycles. The maximum absolute atomic E-state index is 12.1. The predicted molar refractivity (Wildman–Crippen MR) is 104 cm³/mol. The Balaban J connectivity index is 2.44. The Morgan fingerprint density at radius 1 is 1.08 bits per heavy atom. The van der Waals surface area contributed by atoms with Gasteiger partial charge in [-0.1, -0.05) is 66.7 Å². The van der Waals surface area contributed by atoms with Gasteiger partial charge in [0.15, 0.2) is 0 Å². The molecule has 0 aromatic heterocycles. The first-order chi connectivity index (χ1) is 11.6. The summed E-state index contributed by atoms with van der Waals surface area (Å²) in [5.41, 5.74) is 1.34. The summed E-state index contributed by atoms with van der Waals surface area (Å²) >= 11 is 0. The van der Waals surface area contributed by atoms with Gasteiger partial charge in [-0.05, 0) is 42.4 Å². The van der Waals surface area contributed by atoms with Gasteiger partial charge in [-0.15, -0.1) is 0 Å². The molecule has 0 aliphatic carbocycles. The van der Waals surface area contributed by atoms with Crippen molar-refractivity contribution in [2.75, 3.05) is 0 Å². The zero-order valence-electron chi connectivity index (χ0n) is 16.9. The van der Waals surface area contributed by atoms with Crippen molar-refractivity contribution >= 4 is 5.97 Å². The predicted octanol–water partition coefficient (Wildman–Crippen LogP) is 6.29. The normalized spacial score (nSPS) is 11.8. The third-order valence-corrected chi connectivity index (χ3v) is 4.48. The number of rotatable bonds is 9. The molecule has 0 fully saturated rings. The number of ether oxygens (including phenoxy) is 1. The van der Waals surface area contributed by atoms with Crippen LogP contribution in [0.3, 0.4) is 0 Å². The molecule has 0 aliphatic heterocycles. The lowest BCUT2D eigenvalue weighted by atomic mass is 9.85. The highest BCUT2D eigenvalue weighted by Gasteiger charge is 2.21. The lowest BCUT2D eigenvalue weighted by molar-refractivity contribution is -0.134. The highest BCUT2D eigenvalue weighted by atomic mass is 16.5. The standard InChI is InChI=1S/C22H36O3/c1-16(2)12-10-8-7-9-11-13-20(23)25-18-14-17(3)21(24)19(15-18)22(4,5)6/h14-16,24H,7-13H2,1-6H3. The van der Waals surface area contributed by atoms with Crippen molar-refractivity contribution < 1.29 is 14.6 Å². The molecule has 0 aliphatic rings. The van der Waals surface area contributed by atoms with E-state index in [0.717, 1.165) is 29.9 Å². The van der Waals surface area contributed by atoms with Crippen LogP contribution in [0, 0.1) is 12.8 Å². The average molecular weight is 349 g/mol. The van der Waals surface area contributed by atoms with E-state index >= 15 is 0 Å². The molecule has 0 heterocycles. The Bertz CT molecular complexity index is 553. The molecule has 0 radical (unpaired) electrons. The number of hydrogen-bond donors (Lipinski definition) is 1. The number of carbonyl (C=O) groups is 1. The van der Waals surface area contributed by atoms with Crippen LogP contribution >= 0.6 is 0 Å². The van der Waals surface area contributed by atoms with Gasteiger partial charge in [-0.25, -0.2) is 0 Å². The summed E-state index contributed by atoms with van der Waals surface area (Å²) in [6.45, 7) is 12.4. The molecule has 0 bridgehead atoms. The van der Waals surface area contributed by atoms with Crippen LogP contribution in [0.2, 0.25) is 0 Å². The summed E-state index contributed by atoms with van der Waals surface area (Å²) < 4.78 is 5.50. The van der Waals surface area contributed by atoms with Gasteiger partial charge in [0.1, 0.15) is 11.5 Å². The van der Waals surface area contributed by atoms with Crippen molar-refractivity contribution in [1.29, 1.82) is 0 Å². The molecule has 1 rings (SSSR count). The molecule has 0 atom stereocenters. The Morgan fingerprint density at radius 2 is 1.68 bits per heavy atom. The molecule has 0 amide bonds. The fourth-order valence-electron chi connectivity index (χ4n) is 2.91. The fraction of sp³-hybridized carbons (Fsp3) is 0.682. The molecule has 0 spiro atoms. The van der Waals surface area contributed by atoms with Gasteiger partial charge in [0.25, 0.3) is 0 Å². The molecule has 0 saturated heterocycles. The van der Waals surface area contributed by atoms with Crippen molar-refractivity contribution in [2.45, 2.75) is 91.9 Å². The number of carbonyl (C=O) groups excluding carboxylic acids is 1. The van der Waals surface area contributed by atoms with Gasteiger partial charge < -0.3 is 9.84 Å². The topological polar surface area (TPSA) is 46.5 Å². The monoisotopic (exact) mass is 348 g/mol. The molecule has 0 saturated carbocycles. The van der Waals surface area contributed by atoms with Crippen molar-refractivity contribution in [1.82, 2.24) is 0 Å². The summed E-state index contributed by atoms with van der Waals surface area (Å²) in [4.78, 5) is 12.1. The highest BCUT2D eigenvalue weighted by Crippen LogP contribution is 2.36. The van der Waals surface area contributed by atoms with Crippen molar-refractivity contribution in [2.24, 2.45) is 5.92 Å². The lowest BCUT2D eigenvalue weighted by Crippen LogP contribution is -2.13. The summed E-state index contributed by atoms with van der Waals surface area (Å²) in [5, 5.41) is 10.2. The molecule has 25 heavy (non-hydrogen) atoms. The number of benzene rings is 1. The van der Waals surface area contributed by atoms with Crippen molar-refractivity contribution in [3.05, 3.63) is 23.3 Å². The van der Waals surface area contributed by atoms with E-state index in [9.17, 15) is 9.90 Å². The van der Waals surface area contributed by atoms with Gasteiger partial charge in [-0.3, -0.25) is 4.79 Å². The molecule has 1 aromatic rings. The second kappa shape index (κ2) is 9.84. The van der Waals surface area contributed by atoms with Gasteiger partial charge in [0.05, 0.1) is 0 Å². The van der Waals surface area contributed by atoms with Crippen LogP contribution < -0.4 is 4.74 Å². The van der Waals surface area contributed by atoms with Crippen LogP contribution in [-0.2, 0) is 10.2 Å². The molecule has 1 N–H and O–H groups in total. The number of hydrogen-bond acceptors (Lipinski definition) is 3. The smallest absolute Gasteiger partial charge is 0.311 e. The molecular formula is C22H36O3. The number of aromatic hydroxyl groups is 1. The second-order valence-electron chi connectivity index (χ2n) is 8.56. The SMILES string of the molecule is Cc1cc(OC(=O)CCCCCCCC(C)C)cc(C(C)(C)C)c1O.